The van der Waals surface area contributed by atoms with Gasteiger partial charge in [0, 0.05) is 68.8 Å². The Hall–Kier alpha value is -4.47. The third-order valence-electron chi connectivity index (χ3n) is 6.82. The first-order chi connectivity index (χ1) is 20.0. The van der Waals surface area contributed by atoms with E-state index >= 15 is 0 Å². The molecular formula is C32H37N5O4. The first-order valence-corrected chi connectivity index (χ1v) is 13.9. The number of ether oxygens (including phenoxy) is 1. The number of piperazine rings is 1. The molecule has 9 heteroatoms. The quantitative estimate of drug-likeness (QED) is 0.287. The molecule has 1 aliphatic rings. The second-order valence-electron chi connectivity index (χ2n) is 9.30. The average molecular weight is 556 g/mol. The second-order valence-corrected chi connectivity index (χ2v) is 9.30. The van der Waals surface area contributed by atoms with Gasteiger partial charge in [-0.1, -0.05) is 26.0 Å². The molecule has 9 nitrogen and oxygen atoms in total. The fourth-order valence-electron chi connectivity index (χ4n) is 4.72. The zero-order chi connectivity index (χ0) is 29.2. The van der Waals surface area contributed by atoms with Crippen LogP contribution >= 0.6 is 0 Å². The van der Waals surface area contributed by atoms with Gasteiger partial charge >= 0.3 is 0 Å². The molecule has 2 heterocycles. The van der Waals surface area contributed by atoms with Crippen molar-refractivity contribution in [2.45, 2.75) is 13.8 Å². The molecule has 0 radical (unpaired) electrons. The van der Waals surface area contributed by atoms with E-state index in [1.807, 2.05) is 68.4 Å². The standard InChI is InChI=1S/C30H31N5O4.C2H6/c1-31-30(38)27-4-2-3-22-19-24(9-10-26(22)27)39-25-11-12-32-28(20-25)33-29(37)21-5-7-23(8-6-21)35-15-13-34(14-16-35)17-18-36;1-2/h2-12,19-20,36H,13-18H2,1H3,(H,31,38)(H,32,33,37);1-2H3. The lowest BCUT2D eigenvalue weighted by Gasteiger charge is -2.35. The molecule has 0 atom stereocenters. The molecule has 3 aromatic carbocycles. The lowest BCUT2D eigenvalue weighted by molar-refractivity contribution is 0.0963. The Kier molecular flexibility index (Phi) is 10.3. The minimum Gasteiger partial charge on any atom is -0.457 e. The maximum atomic E-state index is 12.9. The van der Waals surface area contributed by atoms with Crippen molar-refractivity contribution >= 4 is 34.1 Å². The van der Waals surface area contributed by atoms with Crippen molar-refractivity contribution in [3.63, 3.8) is 0 Å². The van der Waals surface area contributed by atoms with Crippen LogP contribution in [0.2, 0.25) is 0 Å². The summed E-state index contributed by atoms with van der Waals surface area (Å²) in [4.78, 5) is 33.8. The predicted octanol–water partition coefficient (Wildman–Crippen LogP) is 4.78. The number of nitrogens with one attached hydrogen (secondary N) is 2. The van der Waals surface area contributed by atoms with Gasteiger partial charge in [-0.2, -0.15) is 0 Å². The van der Waals surface area contributed by atoms with E-state index in [1.165, 1.54) is 0 Å². The normalized spacial score (nSPS) is 13.2. The molecule has 41 heavy (non-hydrogen) atoms. The van der Waals surface area contributed by atoms with E-state index in [4.69, 9.17) is 9.84 Å². The molecule has 1 fully saturated rings. The SMILES string of the molecule is CC.CNC(=O)c1cccc2cc(Oc3ccnc(NC(=O)c4ccc(N5CCN(CCO)CC5)cc4)c3)ccc12. The average Bonchev–Trinajstić information content (AvgIpc) is 3.02. The Labute approximate surface area is 240 Å². The molecule has 0 aliphatic carbocycles. The fraction of sp³-hybridized carbons (Fsp3) is 0.281. The van der Waals surface area contributed by atoms with Crippen LogP contribution in [0.4, 0.5) is 11.5 Å². The molecule has 2 amide bonds. The number of anilines is 2. The van der Waals surface area contributed by atoms with Crippen LogP contribution in [0.3, 0.4) is 0 Å². The Balaban J connectivity index is 0.00000189. The van der Waals surface area contributed by atoms with Gasteiger partial charge in [0.2, 0.25) is 0 Å². The molecule has 0 unspecified atom stereocenters. The second kappa shape index (κ2) is 14.2. The van der Waals surface area contributed by atoms with Gasteiger partial charge in [-0.3, -0.25) is 14.5 Å². The highest BCUT2D eigenvalue weighted by atomic mass is 16.5. The molecule has 1 aliphatic heterocycles. The third-order valence-corrected chi connectivity index (χ3v) is 6.82. The number of pyridine rings is 1. The van der Waals surface area contributed by atoms with Crippen LogP contribution in [-0.2, 0) is 0 Å². The number of amides is 2. The van der Waals surface area contributed by atoms with Crippen molar-refractivity contribution in [2.24, 2.45) is 0 Å². The van der Waals surface area contributed by atoms with Crippen LogP contribution in [0.15, 0.2) is 79.0 Å². The monoisotopic (exact) mass is 555 g/mol. The summed E-state index contributed by atoms with van der Waals surface area (Å²) in [5, 5.41) is 16.3. The predicted molar refractivity (Wildman–Crippen MR) is 163 cm³/mol. The van der Waals surface area contributed by atoms with E-state index in [1.54, 1.807) is 31.4 Å². The highest BCUT2D eigenvalue weighted by Gasteiger charge is 2.17. The van der Waals surface area contributed by atoms with Crippen molar-refractivity contribution in [3.05, 3.63) is 90.1 Å². The molecule has 4 aromatic rings. The van der Waals surface area contributed by atoms with Gasteiger partial charge in [0.15, 0.2) is 0 Å². The number of rotatable bonds is 8. The molecular weight excluding hydrogens is 518 g/mol. The molecule has 0 bridgehead atoms. The number of aromatic nitrogens is 1. The topological polar surface area (TPSA) is 107 Å². The van der Waals surface area contributed by atoms with Gasteiger partial charge < -0.3 is 25.4 Å². The van der Waals surface area contributed by atoms with Gasteiger partial charge in [-0.05, 0) is 65.4 Å². The van der Waals surface area contributed by atoms with Gasteiger partial charge in [0.25, 0.3) is 11.8 Å². The minimum absolute atomic E-state index is 0.143. The fourth-order valence-corrected chi connectivity index (χ4v) is 4.72. The number of hydrogen-bond donors (Lipinski definition) is 3. The summed E-state index contributed by atoms with van der Waals surface area (Å²) in [6, 6.07) is 22.0. The first kappa shape index (κ1) is 29.5. The van der Waals surface area contributed by atoms with E-state index < -0.39 is 0 Å². The zero-order valence-corrected chi connectivity index (χ0v) is 23.8. The number of carbonyl (C=O) groups excluding carboxylic acids is 2. The van der Waals surface area contributed by atoms with Crippen molar-refractivity contribution in [1.29, 1.82) is 0 Å². The van der Waals surface area contributed by atoms with E-state index in [-0.39, 0.29) is 18.4 Å². The third kappa shape index (κ3) is 7.39. The van der Waals surface area contributed by atoms with Crippen LogP contribution in [0, 0.1) is 0 Å². The highest BCUT2D eigenvalue weighted by molar-refractivity contribution is 6.07. The van der Waals surface area contributed by atoms with Crippen LogP contribution in [-0.4, -0.2) is 73.2 Å². The number of β-amino-alcohol motifs (C(OH)–C–C–N with tert-alkyl or cyclic N) is 1. The van der Waals surface area contributed by atoms with Crippen LogP contribution in [0.1, 0.15) is 34.6 Å². The summed E-state index contributed by atoms with van der Waals surface area (Å²) in [7, 11) is 1.61. The van der Waals surface area contributed by atoms with E-state index in [0.29, 0.717) is 35.0 Å². The largest absolute Gasteiger partial charge is 0.457 e. The summed E-state index contributed by atoms with van der Waals surface area (Å²) in [6.45, 7) is 8.46. The number of fused-ring (bicyclic) bond motifs is 1. The van der Waals surface area contributed by atoms with E-state index in [2.05, 4.69) is 25.4 Å². The molecule has 5 rings (SSSR count). The van der Waals surface area contributed by atoms with Gasteiger partial charge in [0.05, 0.1) is 6.61 Å². The molecule has 1 aromatic heterocycles. The Bertz CT molecular complexity index is 1470. The lowest BCUT2D eigenvalue weighted by Crippen LogP contribution is -2.47. The first-order valence-electron chi connectivity index (χ1n) is 13.9. The number of aliphatic hydroxyl groups is 1. The summed E-state index contributed by atoms with van der Waals surface area (Å²) in [5.41, 5.74) is 2.21. The summed E-state index contributed by atoms with van der Waals surface area (Å²) in [6.07, 6.45) is 1.58. The maximum absolute atomic E-state index is 12.9. The Morgan fingerprint density at radius 3 is 2.34 bits per heavy atom. The summed E-state index contributed by atoms with van der Waals surface area (Å²) < 4.78 is 6.03. The molecule has 3 N–H and O–H groups in total. The number of benzene rings is 3. The highest BCUT2D eigenvalue weighted by Crippen LogP contribution is 2.28. The Morgan fingerprint density at radius 1 is 0.902 bits per heavy atom. The van der Waals surface area contributed by atoms with E-state index in [9.17, 15) is 9.59 Å². The van der Waals surface area contributed by atoms with Crippen LogP contribution < -0.4 is 20.3 Å². The lowest BCUT2D eigenvalue weighted by atomic mass is 10.0. The van der Waals surface area contributed by atoms with Crippen LogP contribution in [0.25, 0.3) is 10.8 Å². The van der Waals surface area contributed by atoms with Crippen molar-refractivity contribution in [1.82, 2.24) is 15.2 Å². The smallest absolute Gasteiger partial charge is 0.256 e. The molecule has 1 saturated heterocycles. The van der Waals surface area contributed by atoms with Crippen molar-refractivity contribution in [2.75, 3.05) is 56.6 Å². The molecule has 0 saturated carbocycles. The van der Waals surface area contributed by atoms with Gasteiger partial charge in [-0.25, -0.2) is 4.98 Å². The van der Waals surface area contributed by atoms with Gasteiger partial charge in [0.1, 0.15) is 17.3 Å². The zero-order valence-electron chi connectivity index (χ0n) is 23.8. The van der Waals surface area contributed by atoms with E-state index in [0.717, 1.165) is 42.6 Å². The Morgan fingerprint density at radius 2 is 1.63 bits per heavy atom. The number of nitrogens with zero attached hydrogens (tertiary/aromatic N) is 3. The van der Waals surface area contributed by atoms with Gasteiger partial charge in [-0.15, -0.1) is 0 Å². The van der Waals surface area contributed by atoms with Crippen molar-refractivity contribution in [3.8, 4) is 11.5 Å². The summed E-state index contributed by atoms with van der Waals surface area (Å²) >= 11 is 0. The van der Waals surface area contributed by atoms with Crippen molar-refractivity contribution < 1.29 is 19.4 Å². The number of aliphatic hydroxyl groups excluding tert-OH is 1. The molecule has 214 valence electrons. The molecule has 0 spiro atoms. The minimum atomic E-state index is -0.258. The van der Waals surface area contributed by atoms with Crippen LogP contribution in [0.5, 0.6) is 11.5 Å². The summed E-state index contributed by atoms with van der Waals surface area (Å²) in [5.74, 6) is 1.11. The maximum Gasteiger partial charge on any atom is 0.256 e. The number of carbonyl (C=O) groups is 2. The number of hydrogen-bond acceptors (Lipinski definition) is 7.